The van der Waals surface area contributed by atoms with Crippen LogP contribution < -0.4 is 0 Å². The molecule has 1 unspecified atom stereocenters. The number of rotatable bonds is 3. The molecule has 0 nitrogen and oxygen atoms in total. The summed E-state index contributed by atoms with van der Waals surface area (Å²) in [5, 5.41) is 0.656. The molecular weight excluding hydrogens is 399 g/mol. The number of benzene rings is 2. The fourth-order valence-electron chi connectivity index (χ4n) is 1.72. The predicted molar refractivity (Wildman–Crippen MR) is 85.6 cm³/mol. The molecule has 4 heteroatoms. The van der Waals surface area contributed by atoms with E-state index in [2.05, 4.69) is 31.9 Å². The molecule has 0 aliphatic rings. The summed E-state index contributed by atoms with van der Waals surface area (Å²) < 4.78 is 2.03. The fourth-order valence-corrected chi connectivity index (χ4v) is 3.75. The maximum absolute atomic E-state index is 6.47. The van der Waals surface area contributed by atoms with Crippen molar-refractivity contribution in [3.8, 4) is 0 Å². The van der Waals surface area contributed by atoms with Crippen LogP contribution >= 0.6 is 55.1 Å². The average Bonchev–Trinajstić information content (AvgIpc) is 2.32. The molecule has 0 aliphatic heterocycles. The number of halogens is 4. The number of alkyl halides is 1. The van der Waals surface area contributed by atoms with Crippen molar-refractivity contribution in [2.24, 2.45) is 0 Å². The first-order valence-corrected chi connectivity index (χ1v) is 7.80. The van der Waals surface area contributed by atoms with E-state index in [1.165, 1.54) is 0 Å². The lowest BCUT2D eigenvalue weighted by Crippen LogP contribution is -1.97. The molecule has 0 saturated carbocycles. The second-order valence-electron chi connectivity index (χ2n) is 3.93. The molecule has 0 aliphatic carbocycles. The van der Waals surface area contributed by atoms with E-state index in [0.29, 0.717) is 6.42 Å². The highest BCUT2D eigenvalue weighted by Crippen LogP contribution is 2.34. The van der Waals surface area contributed by atoms with Crippen LogP contribution in [0, 0.1) is 0 Å². The van der Waals surface area contributed by atoms with Gasteiger partial charge in [0.25, 0.3) is 0 Å². The van der Waals surface area contributed by atoms with Crippen molar-refractivity contribution in [3.63, 3.8) is 0 Å². The second-order valence-corrected chi connectivity index (χ2v) is 6.63. The van der Waals surface area contributed by atoms with Crippen LogP contribution in [0.4, 0.5) is 0 Å². The third kappa shape index (κ3) is 3.51. The van der Waals surface area contributed by atoms with Crippen LogP contribution in [-0.4, -0.2) is 0 Å². The molecule has 2 aromatic rings. The molecule has 0 aromatic heterocycles. The van der Waals surface area contributed by atoms with E-state index in [0.717, 1.165) is 25.1 Å². The van der Waals surface area contributed by atoms with Gasteiger partial charge >= 0.3 is 0 Å². The Kier molecular flexibility index (Phi) is 5.14. The van der Waals surface area contributed by atoms with Crippen molar-refractivity contribution in [2.45, 2.75) is 11.8 Å². The van der Waals surface area contributed by atoms with Crippen molar-refractivity contribution in [1.82, 2.24) is 0 Å². The fraction of sp³-hybridized carbons (Fsp3) is 0.143. The minimum Gasteiger partial charge on any atom is -0.117 e. The highest BCUT2D eigenvalue weighted by atomic mass is 79.9. The first kappa shape index (κ1) is 14.4. The largest absolute Gasteiger partial charge is 0.117 e. The minimum absolute atomic E-state index is 0.104. The van der Waals surface area contributed by atoms with Crippen molar-refractivity contribution in [2.75, 3.05) is 0 Å². The third-order valence-corrected chi connectivity index (χ3v) is 4.60. The van der Waals surface area contributed by atoms with Gasteiger partial charge in [-0.1, -0.05) is 67.7 Å². The van der Waals surface area contributed by atoms with E-state index in [-0.39, 0.29) is 5.38 Å². The van der Waals surface area contributed by atoms with Crippen molar-refractivity contribution >= 4 is 55.1 Å². The summed E-state index contributed by atoms with van der Waals surface area (Å²) in [4.78, 5) is 0. The summed E-state index contributed by atoms with van der Waals surface area (Å²) in [6.07, 6.45) is 0.710. The Balaban J connectivity index is 2.22. The van der Waals surface area contributed by atoms with Gasteiger partial charge in [0.05, 0.1) is 5.38 Å². The Morgan fingerprint density at radius 1 is 1.06 bits per heavy atom. The quantitative estimate of drug-likeness (QED) is 0.516. The van der Waals surface area contributed by atoms with E-state index in [4.69, 9.17) is 23.2 Å². The molecule has 0 amide bonds. The molecule has 0 saturated heterocycles. The van der Waals surface area contributed by atoms with Gasteiger partial charge in [0.15, 0.2) is 0 Å². The summed E-state index contributed by atoms with van der Waals surface area (Å²) in [6.45, 7) is 0. The number of hydrogen-bond acceptors (Lipinski definition) is 0. The summed E-state index contributed by atoms with van der Waals surface area (Å²) in [5.74, 6) is 0. The minimum atomic E-state index is -0.104. The lowest BCUT2D eigenvalue weighted by atomic mass is 10.0. The third-order valence-electron chi connectivity index (χ3n) is 2.66. The highest BCUT2D eigenvalue weighted by molar-refractivity contribution is 9.11. The first-order chi connectivity index (χ1) is 8.58. The van der Waals surface area contributed by atoms with E-state index in [1.807, 2.05) is 42.5 Å². The Bertz CT molecular complexity index is 555. The normalized spacial score (nSPS) is 12.4. The lowest BCUT2D eigenvalue weighted by molar-refractivity contribution is 0.914. The van der Waals surface area contributed by atoms with Gasteiger partial charge in [0, 0.05) is 14.0 Å². The Morgan fingerprint density at radius 3 is 2.44 bits per heavy atom. The van der Waals surface area contributed by atoms with Gasteiger partial charge in [-0.25, -0.2) is 0 Å². The van der Waals surface area contributed by atoms with Crippen LogP contribution in [0.3, 0.4) is 0 Å². The van der Waals surface area contributed by atoms with Crippen LogP contribution in [0.15, 0.2) is 51.4 Å². The summed E-state index contributed by atoms with van der Waals surface area (Å²) in [7, 11) is 0. The lowest BCUT2D eigenvalue weighted by Gasteiger charge is -2.13. The van der Waals surface area contributed by atoms with Crippen LogP contribution in [0.2, 0.25) is 5.02 Å². The summed E-state index contributed by atoms with van der Waals surface area (Å²) >= 11 is 19.6. The number of hydrogen-bond donors (Lipinski definition) is 0. The first-order valence-electron chi connectivity index (χ1n) is 5.40. The summed E-state index contributed by atoms with van der Waals surface area (Å²) in [5.41, 5.74) is 2.13. The van der Waals surface area contributed by atoms with E-state index >= 15 is 0 Å². The molecule has 2 aromatic carbocycles. The second kappa shape index (κ2) is 6.42. The predicted octanol–water partition coefficient (Wildman–Crippen LogP) is 6.39. The zero-order valence-corrected chi connectivity index (χ0v) is 14.0. The van der Waals surface area contributed by atoms with Gasteiger partial charge in [-0.3, -0.25) is 0 Å². The van der Waals surface area contributed by atoms with Crippen molar-refractivity contribution < 1.29 is 0 Å². The summed E-state index contributed by atoms with van der Waals surface area (Å²) in [6, 6.07) is 13.8. The Hall–Kier alpha value is -0.0200. The van der Waals surface area contributed by atoms with Gasteiger partial charge in [-0.05, 0) is 35.7 Å². The zero-order chi connectivity index (χ0) is 13.1. The molecule has 0 spiro atoms. The maximum atomic E-state index is 6.47. The average molecular weight is 409 g/mol. The van der Waals surface area contributed by atoms with Gasteiger partial charge in [-0.15, -0.1) is 11.6 Å². The standard InChI is InChI=1S/C14H10Br2Cl2/c15-10-5-6-11(12(16)8-10)14(18)7-9-3-1-2-4-13(9)17/h1-6,8,14H,7H2. The van der Waals surface area contributed by atoms with Crippen LogP contribution in [0.1, 0.15) is 16.5 Å². The van der Waals surface area contributed by atoms with E-state index in [9.17, 15) is 0 Å². The van der Waals surface area contributed by atoms with E-state index < -0.39 is 0 Å². The van der Waals surface area contributed by atoms with Gasteiger partial charge in [0.1, 0.15) is 0 Å². The molecule has 0 heterocycles. The molecule has 0 radical (unpaired) electrons. The van der Waals surface area contributed by atoms with Gasteiger partial charge in [-0.2, -0.15) is 0 Å². The van der Waals surface area contributed by atoms with Crippen molar-refractivity contribution in [3.05, 3.63) is 67.6 Å². The van der Waals surface area contributed by atoms with Gasteiger partial charge < -0.3 is 0 Å². The van der Waals surface area contributed by atoms with Gasteiger partial charge in [0.2, 0.25) is 0 Å². The molecule has 94 valence electrons. The highest BCUT2D eigenvalue weighted by Gasteiger charge is 2.14. The zero-order valence-electron chi connectivity index (χ0n) is 9.34. The topological polar surface area (TPSA) is 0 Å². The smallest absolute Gasteiger partial charge is 0.0637 e. The Labute approximate surface area is 134 Å². The SMILES string of the molecule is Clc1ccccc1CC(Cl)c1ccc(Br)cc1Br. The molecular formula is C14H10Br2Cl2. The maximum Gasteiger partial charge on any atom is 0.0637 e. The van der Waals surface area contributed by atoms with Crippen LogP contribution in [-0.2, 0) is 6.42 Å². The van der Waals surface area contributed by atoms with Crippen LogP contribution in [0.5, 0.6) is 0 Å². The monoisotopic (exact) mass is 406 g/mol. The van der Waals surface area contributed by atoms with Crippen LogP contribution in [0.25, 0.3) is 0 Å². The molecule has 2 rings (SSSR count). The van der Waals surface area contributed by atoms with Crippen molar-refractivity contribution in [1.29, 1.82) is 0 Å². The van der Waals surface area contributed by atoms with E-state index in [1.54, 1.807) is 0 Å². The molecule has 0 N–H and O–H groups in total. The molecule has 1 atom stereocenters. The Morgan fingerprint density at radius 2 is 1.78 bits per heavy atom. The molecule has 0 bridgehead atoms. The molecule has 0 fully saturated rings. The molecule has 18 heavy (non-hydrogen) atoms.